The summed E-state index contributed by atoms with van der Waals surface area (Å²) in [6.07, 6.45) is 5.08. The van der Waals surface area contributed by atoms with Gasteiger partial charge in [-0.05, 0) is 42.0 Å². The zero-order valence-electron chi connectivity index (χ0n) is 14.5. The number of nitrogens with one attached hydrogen (secondary N) is 2. The Bertz CT molecular complexity index is 717. The molecular weight excluding hydrogens is 332 g/mol. The maximum Gasteiger partial charge on any atom is 0.230 e. The van der Waals surface area contributed by atoms with Gasteiger partial charge in [0.25, 0.3) is 0 Å². The van der Waals surface area contributed by atoms with Crippen molar-refractivity contribution < 1.29 is 9.59 Å². The average Bonchev–Trinajstić information content (AvgIpc) is 3.14. The molecule has 0 aliphatic heterocycles. The molecule has 1 aliphatic rings. The maximum absolute atomic E-state index is 13.1. The van der Waals surface area contributed by atoms with Gasteiger partial charge in [-0.1, -0.05) is 37.5 Å². The molecule has 0 spiro atoms. The maximum atomic E-state index is 13.1. The molecule has 3 rings (SSSR count). The average molecular weight is 356 g/mol. The largest absolute Gasteiger partial charge is 0.350 e. The first kappa shape index (κ1) is 17.7. The van der Waals surface area contributed by atoms with E-state index in [1.54, 1.807) is 11.3 Å². The monoisotopic (exact) mass is 356 g/mol. The standard InChI is InChI=1S/C20H24N2O2S/c1-15(23)22-17-9-7-16(8-10-17)20(11-3-2-4-12-20)19(24)21-14-18-6-5-13-25-18/h5-10,13H,2-4,11-12,14H2,1H3,(H,21,24)(H,22,23). The Morgan fingerprint density at radius 3 is 2.40 bits per heavy atom. The molecule has 1 aromatic heterocycles. The van der Waals surface area contributed by atoms with Crippen LogP contribution in [-0.4, -0.2) is 11.8 Å². The molecule has 0 unspecified atom stereocenters. The van der Waals surface area contributed by atoms with Crippen LogP contribution in [0.3, 0.4) is 0 Å². The van der Waals surface area contributed by atoms with Crippen molar-refractivity contribution in [2.45, 2.75) is 51.0 Å². The molecule has 2 aromatic rings. The molecule has 0 radical (unpaired) electrons. The van der Waals surface area contributed by atoms with Gasteiger partial charge in [0.1, 0.15) is 0 Å². The van der Waals surface area contributed by atoms with Gasteiger partial charge in [-0.25, -0.2) is 0 Å². The van der Waals surface area contributed by atoms with E-state index in [9.17, 15) is 9.59 Å². The van der Waals surface area contributed by atoms with Gasteiger partial charge in [0.05, 0.1) is 12.0 Å². The number of thiophene rings is 1. The molecule has 2 amide bonds. The summed E-state index contributed by atoms with van der Waals surface area (Å²) in [6.45, 7) is 2.08. The van der Waals surface area contributed by atoms with Crippen LogP contribution in [0.1, 0.15) is 49.5 Å². The van der Waals surface area contributed by atoms with E-state index >= 15 is 0 Å². The lowest BCUT2D eigenvalue weighted by Crippen LogP contribution is -2.45. The molecule has 25 heavy (non-hydrogen) atoms. The molecule has 2 N–H and O–H groups in total. The molecule has 4 nitrogen and oxygen atoms in total. The van der Waals surface area contributed by atoms with Gasteiger partial charge in [0, 0.05) is 17.5 Å². The topological polar surface area (TPSA) is 58.2 Å². The van der Waals surface area contributed by atoms with E-state index in [-0.39, 0.29) is 11.8 Å². The third-order valence-electron chi connectivity index (χ3n) is 4.90. The Morgan fingerprint density at radius 2 is 1.80 bits per heavy atom. The molecule has 0 atom stereocenters. The van der Waals surface area contributed by atoms with Gasteiger partial charge in [-0.15, -0.1) is 11.3 Å². The smallest absolute Gasteiger partial charge is 0.230 e. The van der Waals surface area contributed by atoms with E-state index in [0.29, 0.717) is 6.54 Å². The Kier molecular flexibility index (Phi) is 5.53. The Hall–Kier alpha value is -2.14. The zero-order valence-corrected chi connectivity index (χ0v) is 15.3. The normalized spacial score (nSPS) is 16.2. The van der Waals surface area contributed by atoms with Crippen LogP contribution in [0.2, 0.25) is 0 Å². The van der Waals surface area contributed by atoms with E-state index < -0.39 is 5.41 Å². The van der Waals surface area contributed by atoms with E-state index in [0.717, 1.165) is 36.9 Å². The van der Waals surface area contributed by atoms with Crippen LogP contribution in [0.5, 0.6) is 0 Å². The molecule has 1 fully saturated rings. The summed E-state index contributed by atoms with van der Waals surface area (Å²) >= 11 is 1.66. The number of benzene rings is 1. The highest BCUT2D eigenvalue weighted by molar-refractivity contribution is 7.09. The highest BCUT2D eigenvalue weighted by atomic mass is 32.1. The fraction of sp³-hybridized carbons (Fsp3) is 0.400. The van der Waals surface area contributed by atoms with Gasteiger partial charge >= 0.3 is 0 Å². The lowest BCUT2D eigenvalue weighted by Gasteiger charge is -2.36. The van der Waals surface area contributed by atoms with E-state index in [4.69, 9.17) is 0 Å². The summed E-state index contributed by atoms with van der Waals surface area (Å²) in [6, 6.07) is 11.8. The molecular formula is C20H24N2O2S. The minimum absolute atomic E-state index is 0.0891. The summed E-state index contributed by atoms with van der Waals surface area (Å²) in [5.41, 5.74) is 1.36. The lowest BCUT2D eigenvalue weighted by atomic mass is 9.68. The quantitative estimate of drug-likeness (QED) is 0.842. The van der Waals surface area contributed by atoms with Crippen LogP contribution in [0.15, 0.2) is 41.8 Å². The van der Waals surface area contributed by atoms with Crippen LogP contribution >= 0.6 is 11.3 Å². The summed E-state index contributed by atoms with van der Waals surface area (Å²) < 4.78 is 0. The van der Waals surface area contributed by atoms with Gasteiger partial charge in [0.2, 0.25) is 11.8 Å². The van der Waals surface area contributed by atoms with Crippen molar-refractivity contribution in [2.24, 2.45) is 0 Å². The van der Waals surface area contributed by atoms with Crippen LogP contribution in [0, 0.1) is 0 Å². The molecule has 1 saturated carbocycles. The van der Waals surface area contributed by atoms with Crippen molar-refractivity contribution in [1.29, 1.82) is 0 Å². The molecule has 5 heteroatoms. The van der Waals surface area contributed by atoms with Crippen LogP contribution in [0.25, 0.3) is 0 Å². The summed E-state index contributed by atoms with van der Waals surface area (Å²) in [5, 5.41) is 7.95. The molecule has 1 aliphatic carbocycles. The van der Waals surface area contributed by atoms with Crippen LogP contribution in [-0.2, 0) is 21.5 Å². The van der Waals surface area contributed by atoms with Crippen molar-refractivity contribution >= 4 is 28.8 Å². The predicted octanol–water partition coefficient (Wildman–Crippen LogP) is 4.22. The van der Waals surface area contributed by atoms with Crippen molar-refractivity contribution in [2.75, 3.05) is 5.32 Å². The third-order valence-corrected chi connectivity index (χ3v) is 5.78. The third kappa shape index (κ3) is 4.10. The van der Waals surface area contributed by atoms with E-state index in [1.807, 2.05) is 41.8 Å². The number of rotatable bonds is 5. The van der Waals surface area contributed by atoms with Crippen molar-refractivity contribution in [1.82, 2.24) is 5.32 Å². The molecule has 1 heterocycles. The summed E-state index contributed by atoms with van der Waals surface area (Å²) in [7, 11) is 0. The fourth-order valence-corrected chi connectivity index (χ4v) is 4.27. The Labute approximate surface area is 152 Å². The number of hydrogen-bond donors (Lipinski definition) is 2. The predicted molar refractivity (Wildman–Crippen MR) is 102 cm³/mol. The summed E-state index contributed by atoms with van der Waals surface area (Å²) in [4.78, 5) is 25.5. The zero-order chi connectivity index (χ0) is 17.7. The van der Waals surface area contributed by atoms with Crippen molar-refractivity contribution in [3.8, 4) is 0 Å². The van der Waals surface area contributed by atoms with Crippen molar-refractivity contribution in [3.63, 3.8) is 0 Å². The van der Waals surface area contributed by atoms with E-state index in [1.165, 1.54) is 18.2 Å². The number of carbonyl (C=O) groups is 2. The highest BCUT2D eigenvalue weighted by Crippen LogP contribution is 2.40. The number of carbonyl (C=O) groups excluding carboxylic acids is 2. The number of anilines is 1. The van der Waals surface area contributed by atoms with Gasteiger partial charge < -0.3 is 10.6 Å². The van der Waals surface area contributed by atoms with Crippen molar-refractivity contribution in [3.05, 3.63) is 52.2 Å². The fourth-order valence-electron chi connectivity index (χ4n) is 3.63. The van der Waals surface area contributed by atoms with Gasteiger partial charge in [-0.3, -0.25) is 9.59 Å². The van der Waals surface area contributed by atoms with Crippen LogP contribution in [0.4, 0.5) is 5.69 Å². The van der Waals surface area contributed by atoms with Crippen LogP contribution < -0.4 is 10.6 Å². The molecule has 1 aromatic carbocycles. The second-order valence-electron chi connectivity index (χ2n) is 6.66. The number of hydrogen-bond acceptors (Lipinski definition) is 3. The second kappa shape index (κ2) is 7.83. The minimum atomic E-state index is -0.454. The number of amides is 2. The highest BCUT2D eigenvalue weighted by Gasteiger charge is 2.40. The Balaban J connectivity index is 1.79. The Morgan fingerprint density at radius 1 is 1.08 bits per heavy atom. The van der Waals surface area contributed by atoms with E-state index in [2.05, 4.69) is 10.6 Å². The molecule has 0 bridgehead atoms. The first-order valence-electron chi connectivity index (χ1n) is 8.79. The lowest BCUT2D eigenvalue weighted by molar-refractivity contribution is -0.128. The SMILES string of the molecule is CC(=O)Nc1ccc(C2(C(=O)NCc3cccs3)CCCCC2)cc1. The molecule has 132 valence electrons. The van der Waals surface area contributed by atoms with Gasteiger partial charge in [-0.2, -0.15) is 0 Å². The first-order valence-corrected chi connectivity index (χ1v) is 9.67. The first-order chi connectivity index (χ1) is 12.1. The summed E-state index contributed by atoms with van der Waals surface area (Å²) in [5.74, 6) is 0.0293. The molecule has 0 saturated heterocycles. The minimum Gasteiger partial charge on any atom is -0.350 e. The second-order valence-corrected chi connectivity index (χ2v) is 7.70. The van der Waals surface area contributed by atoms with Gasteiger partial charge in [0.15, 0.2) is 0 Å².